The number of hydrogen-bond donors (Lipinski definition) is 1. The van der Waals surface area contributed by atoms with Crippen LogP contribution in [-0.2, 0) is 6.54 Å². The third-order valence-electron chi connectivity index (χ3n) is 2.42. The van der Waals surface area contributed by atoms with E-state index in [1.54, 1.807) is 6.20 Å². The van der Waals surface area contributed by atoms with Gasteiger partial charge in [0.05, 0.1) is 11.9 Å². The Bertz CT molecular complexity index is 517. The maximum atomic E-state index is 5.56. The number of nitrogens with zero attached hydrogens (tertiary/aromatic N) is 1. The lowest BCUT2D eigenvalue weighted by atomic mass is 10.3. The SMILES string of the molecule is NCc1ccc(OCCOc2cccc(Br)c2)cn1. The molecule has 2 N–H and O–H groups in total. The topological polar surface area (TPSA) is 57.4 Å². The van der Waals surface area contributed by atoms with Gasteiger partial charge in [0.2, 0.25) is 0 Å². The van der Waals surface area contributed by atoms with Gasteiger partial charge in [-0.25, -0.2) is 0 Å². The molecule has 2 aromatic rings. The van der Waals surface area contributed by atoms with Gasteiger partial charge >= 0.3 is 0 Å². The van der Waals surface area contributed by atoms with Crippen molar-refractivity contribution >= 4 is 15.9 Å². The van der Waals surface area contributed by atoms with E-state index >= 15 is 0 Å². The van der Waals surface area contributed by atoms with Crippen molar-refractivity contribution in [2.75, 3.05) is 13.2 Å². The van der Waals surface area contributed by atoms with Gasteiger partial charge in [-0.05, 0) is 30.3 Å². The molecule has 1 aromatic heterocycles. The summed E-state index contributed by atoms with van der Waals surface area (Å²) in [4.78, 5) is 4.15. The van der Waals surface area contributed by atoms with Crippen LogP contribution in [0.25, 0.3) is 0 Å². The third-order valence-corrected chi connectivity index (χ3v) is 2.92. The summed E-state index contributed by atoms with van der Waals surface area (Å²) in [6.07, 6.45) is 1.67. The van der Waals surface area contributed by atoms with E-state index in [9.17, 15) is 0 Å². The van der Waals surface area contributed by atoms with Gasteiger partial charge in [-0.3, -0.25) is 4.98 Å². The van der Waals surface area contributed by atoms with Crippen molar-refractivity contribution in [2.45, 2.75) is 6.54 Å². The summed E-state index contributed by atoms with van der Waals surface area (Å²) in [6.45, 7) is 1.39. The van der Waals surface area contributed by atoms with E-state index in [2.05, 4.69) is 20.9 Å². The molecule has 1 heterocycles. The summed E-state index contributed by atoms with van der Waals surface area (Å²) in [5.41, 5.74) is 6.32. The fourth-order valence-corrected chi connectivity index (χ4v) is 1.87. The third kappa shape index (κ3) is 4.54. The second-order valence-electron chi connectivity index (χ2n) is 3.84. The number of rotatable bonds is 6. The van der Waals surface area contributed by atoms with Crippen LogP contribution in [0.4, 0.5) is 0 Å². The normalized spacial score (nSPS) is 10.2. The number of ether oxygens (including phenoxy) is 2. The summed E-state index contributed by atoms with van der Waals surface area (Å²) >= 11 is 3.39. The highest BCUT2D eigenvalue weighted by atomic mass is 79.9. The first-order valence-corrected chi connectivity index (χ1v) is 6.73. The number of nitrogens with two attached hydrogens (primary N) is 1. The zero-order valence-electron chi connectivity index (χ0n) is 10.4. The van der Waals surface area contributed by atoms with E-state index in [0.29, 0.717) is 19.8 Å². The van der Waals surface area contributed by atoms with Crippen molar-refractivity contribution in [1.82, 2.24) is 4.98 Å². The minimum atomic E-state index is 0.437. The van der Waals surface area contributed by atoms with Crippen molar-refractivity contribution in [3.05, 3.63) is 52.8 Å². The standard InChI is InChI=1S/C14H15BrN2O2/c15-11-2-1-3-13(8-11)18-6-7-19-14-5-4-12(9-16)17-10-14/h1-5,8,10H,6-7,9,16H2. The first-order valence-electron chi connectivity index (χ1n) is 5.94. The van der Waals surface area contributed by atoms with Gasteiger partial charge in [-0.15, -0.1) is 0 Å². The van der Waals surface area contributed by atoms with E-state index in [4.69, 9.17) is 15.2 Å². The summed E-state index contributed by atoms with van der Waals surface area (Å²) in [7, 11) is 0. The zero-order valence-corrected chi connectivity index (χ0v) is 12.0. The Morgan fingerprint density at radius 3 is 2.47 bits per heavy atom. The Kier molecular flexibility index (Phi) is 5.18. The maximum Gasteiger partial charge on any atom is 0.137 e. The lowest BCUT2D eigenvalue weighted by Crippen LogP contribution is -2.09. The smallest absolute Gasteiger partial charge is 0.137 e. The molecule has 0 amide bonds. The van der Waals surface area contributed by atoms with E-state index in [-0.39, 0.29) is 0 Å². The average Bonchev–Trinajstić information content (AvgIpc) is 2.44. The summed E-state index contributed by atoms with van der Waals surface area (Å²) < 4.78 is 12.1. The molecule has 0 unspecified atom stereocenters. The molecular weight excluding hydrogens is 308 g/mol. The molecule has 0 bridgehead atoms. The maximum absolute atomic E-state index is 5.56. The largest absolute Gasteiger partial charge is 0.490 e. The van der Waals surface area contributed by atoms with E-state index in [0.717, 1.165) is 21.7 Å². The lowest BCUT2D eigenvalue weighted by molar-refractivity contribution is 0.216. The molecule has 0 saturated heterocycles. The van der Waals surface area contributed by atoms with Crippen LogP contribution < -0.4 is 15.2 Å². The molecule has 0 atom stereocenters. The van der Waals surface area contributed by atoms with Gasteiger partial charge in [0, 0.05) is 11.0 Å². The van der Waals surface area contributed by atoms with Gasteiger partial charge in [-0.1, -0.05) is 22.0 Å². The quantitative estimate of drug-likeness (QED) is 0.831. The molecule has 2 rings (SSSR count). The van der Waals surface area contributed by atoms with Crippen LogP contribution in [0.1, 0.15) is 5.69 Å². The molecule has 0 aliphatic carbocycles. The molecule has 0 aliphatic heterocycles. The highest BCUT2D eigenvalue weighted by molar-refractivity contribution is 9.10. The minimum Gasteiger partial charge on any atom is -0.490 e. The minimum absolute atomic E-state index is 0.437. The summed E-state index contributed by atoms with van der Waals surface area (Å²) in [5.74, 6) is 1.53. The van der Waals surface area contributed by atoms with Crippen LogP contribution in [0.15, 0.2) is 47.1 Å². The molecule has 0 saturated carbocycles. The average molecular weight is 323 g/mol. The molecule has 0 fully saturated rings. The number of aromatic nitrogens is 1. The van der Waals surface area contributed by atoms with Gasteiger partial charge in [-0.2, -0.15) is 0 Å². The molecule has 5 heteroatoms. The van der Waals surface area contributed by atoms with Crippen LogP contribution in [0.3, 0.4) is 0 Å². The van der Waals surface area contributed by atoms with Crippen molar-refractivity contribution < 1.29 is 9.47 Å². The first-order chi connectivity index (χ1) is 9.28. The van der Waals surface area contributed by atoms with E-state index in [1.807, 2.05) is 36.4 Å². The number of benzene rings is 1. The predicted molar refractivity (Wildman–Crippen MR) is 77.3 cm³/mol. The fraction of sp³-hybridized carbons (Fsp3) is 0.214. The molecule has 19 heavy (non-hydrogen) atoms. The van der Waals surface area contributed by atoms with E-state index in [1.165, 1.54) is 0 Å². The van der Waals surface area contributed by atoms with Crippen molar-refractivity contribution in [3.8, 4) is 11.5 Å². The molecule has 4 nitrogen and oxygen atoms in total. The number of hydrogen-bond acceptors (Lipinski definition) is 4. The van der Waals surface area contributed by atoms with Crippen LogP contribution in [0.2, 0.25) is 0 Å². The molecule has 1 aromatic carbocycles. The van der Waals surface area contributed by atoms with Crippen molar-refractivity contribution in [2.24, 2.45) is 5.73 Å². The fourth-order valence-electron chi connectivity index (χ4n) is 1.49. The second-order valence-corrected chi connectivity index (χ2v) is 4.76. The Morgan fingerprint density at radius 1 is 1.05 bits per heavy atom. The van der Waals surface area contributed by atoms with Crippen molar-refractivity contribution in [3.63, 3.8) is 0 Å². The number of pyridine rings is 1. The van der Waals surface area contributed by atoms with Crippen LogP contribution in [0.5, 0.6) is 11.5 Å². The van der Waals surface area contributed by atoms with Gasteiger partial charge in [0.15, 0.2) is 0 Å². The van der Waals surface area contributed by atoms with Gasteiger partial charge in [0.1, 0.15) is 24.7 Å². The molecule has 0 aliphatic rings. The summed E-state index contributed by atoms with van der Waals surface area (Å²) in [5, 5.41) is 0. The Hall–Kier alpha value is -1.59. The van der Waals surface area contributed by atoms with Crippen LogP contribution >= 0.6 is 15.9 Å². The Labute approximate surface area is 120 Å². The van der Waals surface area contributed by atoms with Crippen LogP contribution in [0, 0.1) is 0 Å². The zero-order chi connectivity index (χ0) is 13.5. The molecule has 0 radical (unpaired) electrons. The molecule has 0 spiro atoms. The second kappa shape index (κ2) is 7.11. The monoisotopic (exact) mass is 322 g/mol. The first kappa shape index (κ1) is 13.8. The summed E-state index contributed by atoms with van der Waals surface area (Å²) in [6, 6.07) is 11.4. The lowest BCUT2D eigenvalue weighted by Gasteiger charge is -2.08. The predicted octanol–water partition coefficient (Wildman–Crippen LogP) is 2.76. The van der Waals surface area contributed by atoms with E-state index < -0.39 is 0 Å². The highest BCUT2D eigenvalue weighted by Gasteiger charge is 1.97. The van der Waals surface area contributed by atoms with Crippen molar-refractivity contribution in [1.29, 1.82) is 0 Å². The Balaban J connectivity index is 1.74. The van der Waals surface area contributed by atoms with Gasteiger partial charge < -0.3 is 15.2 Å². The van der Waals surface area contributed by atoms with Gasteiger partial charge in [0.25, 0.3) is 0 Å². The highest BCUT2D eigenvalue weighted by Crippen LogP contribution is 2.17. The Morgan fingerprint density at radius 2 is 1.84 bits per heavy atom. The molecular formula is C14H15BrN2O2. The molecule has 100 valence electrons. The van der Waals surface area contributed by atoms with Crippen LogP contribution in [-0.4, -0.2) is 18.2 Å². The number of halogens is 1.